The molecule has 0 aliphatic rings. The van der Waals surface area contributed by atoms with Gasteiger partial charge in [0.2, 0.25) is 17.7 Å². The third kappa shape index (κ3) is 7.28. The number of rotatable bonds is 12. The topological polar surface area (TPSA) is 224 Å². The summed E-state index contributed by atoms with van der Waals surface area (Å²) in [4.78, 5) is 62.4. The summed E-state index contributed by atoms with van der Waals surface area (Å²) in [5, 5.41) is 35.0. The molecule has 2 aromatic rings. The first-order valence-corrected chi connectivity index (χ1v) is 10.3. The van der Waals surface area contributed by atoms with Gasteiger partial charge < -0.3 is 42.0 Å². The van der Waals surface area contributed by atoms with Crippen LogP contribution in [0.1, 0.15) is 18.9 Å². The van der Waals surface area contributed by atoms with E-state index in [0.29, 0.717) is 5.56 Å². The van der Waals surface area contributed by atoms with Crippen LogP contribution in [0.4, 0.5) is 0 Å². The molecule has 2 rings (SSSR count). The zero-order valence-corrected chi connectivity index (χ0v) is 18.3. The molecule has 0 bridgehead atoms. The molecule has 13 nitrogen and oxygen atoms in total. The highest BCUT2D eigenvalue weighted by atomic mass is 16.4. The SMILES string of the molecule is CC(O)C(N)C(=O)NCC(=O)NC(Cc1c[nH]c2ccccc12)C(=O)NC(CC(=O)O)C(=O)O. The Balaban J connectivity index is 2.18. The second kappa shape index (κ2) is 11.8. The molecule has 1 aromatic carbocycles. The van der Waals surface area contributed by atoms with E-state index in [1.807, 2.05) is 0 Å². The van der Waals surface area contributed by atoms with Gasteiger partial charge in [0.1, 0.15) is 18.1 Å². The Labute approximate surface area is 193 Å². The molecule has 3 amide bonds. The Morgan fingerprint density at radius 1 is 1.03 bits per heavy atom. The van der Waals surface area contributed by atoms with Gasteiger partial charge in [-0.3, -0.25) is 19.2 Å². The maximum Gasteiger partial charge on any atom is 0.326 e. The van der Waals surface area contributed by atoms with Crippen molar-refractivity contribution < 1.29 is 39.3 Å². The highest BCUT2D eigenvalue weighted by molar-refractivity contribution is 5.94. The number of carboxylic acid groups (broad SMARTS) is 2. The zero-order chi connectivity index (χ0) is 25.4. The summed E-state index contributed by atoms with van der Waals surface area (Å²) in [6.07, 6.45) is -0.429. The number of aliphatic carboxylic acids is 2. The molecule has 13 heteroatoms. The predicted molar refractivity (Wildman–Crippen MR) is 118 cm³/mol. The minimum absolute atomic E-state index is 0.0534. The predicted octanol–water partition coefficient (Wildman–Crippen LogP) is -1.94. The maximum atomic E-state index is 12.8. The van der Waals surface area contributed by atoms with Gasteiger partial charge >= 0.3 is 11.9 Å². The summed E-state index contributed by atoms with van der Waals surface area (Å²) < 4.78 is 0. The van der Waals surface area contributed by atoms with Crippen LogP contribution in [0.2, 0.25) is 0 Å². The second-order valence-electron chi connectivity index (χ2n) is 7.67. The number of hydrogen-bond donors (Lipinski definition) is 8. The molecule has 0 spiro atoms. The number of nitrogens with two attached hydrogens (primary N) is 1. The number of amides is 3. The van der Waals surface area contributed by atoms with E-state index in [1.165, 1.54) is 6.92 Å². The molecule has 9 N–H and O–H groups in total. The largest absolute Gasteiger partial charge is 0.481 e. The summed E-state index contributed by atoms with van der Waals surface area (Å²) in [7, 11) is 0. The van der Waals surface area contributed by atoms with Gasteiger partial charge in [-0.05, 0) is 18.6 Å². The molecule has 0 fully saturated rings. The highest BCUT2D eigenvalue weighted by Crippen LogP contribution is 2.19. The first kappa shape index (κ1) is 26.3. The minimum atomic E-state index is -1.71. The van der Waals surface area contributed by atoms with E-state index >= 15 is 0 Å². The molecular weight excluding hydrogens is 450 g/mol. The van der Waals surface area contributed by atoms with Crippen LogP contribution in [0.3, 0.4) is 0 Å². The number of carbonyl (C=O) groups excluding carboxylic acids is 3. The number of aliphatic hydroxyl groups excluding tert-OH is 1. The van der Waals surface area contributed by atoms with Gasteiger partial charge in [-0.15, -0.1) is 0 Å². The van der Waals surface area contributed by atoms with Gasteiger partial charge in [0.05, 0.1) is 19.1 Å². The minimum Gasteiger partial charge on any atom is -0.481 e. The number of para-hydroxylation sites is 1. The number of benzene rings is 1. The number of aromatic amines is 1. The molecule has 1 heterocycles. The van der Waals surface area contributed by atoms with Crippen molar-refractivity contribution in [1.29, 1.82) is 0 Å². The standard InChI is InChI=1S/C21H27N5O8/c1-10(27)18(22)20(32)24-9-16(28)25-14(19(31)26-15(21(33)34)7-17(29)30)6-11-8-23-13-5-3-2-4-12(11)13/h2-5,8,10,14-15,18,23,27H,6-7,9,22H2,1H3,(H,24,32)(H,25,28)(H,26,31)(H,29,30)(H,33,34). The molecule has 34 heavy (non-hydrogen) atoms. The van der Waals surface area contributed by atoms with Gasteiger partial charge in [0, 0.05) is 23.5 Å². The molecule has 0 radical (unpaired) electrons. The summed E-state index contributed by atoms with van der Waals surface area (Å²) in [6, 6.07) is 2.92. The molecule has 1 aromatic heterocycles. The molecule has 4 atom stereocenters. The number of aliphatic hydroxyl groups is 1. The molecule has 0 saturated carbocycles. The van der Waals surface area contributed by atoms with E-state index < -0.39 is 66.9 Å². The van der Waals surface area contributed by atoms with Crippen LogP contribution in [-0.4, -0.2) is 80.7 Å². The van der Waals surface area contributed by atoms with Crippen molar-refractivity contribution in [2.45, 2.75) is 44.0 Å². The van der Waals surface area contributed by atoms with Crippen molar-refractivity contribution in [3.63, 3.8) is 0 Å². The fourth-order valence-corrected chi connectivity index (χ4v) is 3.13. The number of carbonyl (C=O) groups is 5. The zero-order valence-electron chi connectivity index (χ0n) is 18.3. The van der Waals surface area contributed by atoms with E-state index in [4.69, 9.17) is 10.8 Å². The summed E-state index contributed by atoms with van der Waals surface area (Å²) in [5.74, 6) is -5.46. The lowest BCUT2D eigenvalue weighted by molar-refractivity contribution is -0.147. The normalized spacial score (nSPS) is 14.4. The fraction of sp³-hybridized carbons (Fsp3) is 0.381. The Kier molecular flexibility index (Phi) is 9.10. The first-order chi connectivity index (χ1) is 16.0. The third-order valence-electron chi connectivity index (χ3n) is 4.99. The Bertz CT molecular complexity index is 1070. The Morgan fingerprint density at radius 2 is 1.71 bits per heavy atom. The number of hydrogen-bond acceptors (Lipinski definition) is 7. The van der Waals surface area contributed by atoms with Crippen LogP contribution >= 0.6 is 0 Å². The summed E-state index contributed by atoms with van der Waals surface area (Å²) in [6.45, 7) is 0.746. The van der Waals surface area contributed by atoms with E-state index in [9.17, 15) is 34.2 Å². The molecule has 0 aliphatic heterocycles. The van der Waals surface area contributed by atoms with Crippen molar-refractivity contribution in [3.05, 3.63) is 36.0 Å². The number of nitrogens with one attached hydrogen (secondary N) is 4. The van der Waals surface area contributed by atoms with Crippen LogP contribution < -0.4 is 21.7 Å². The molecule has 184 valence electrons. The van der Waals surface area contributed by atoms with Crippen molar-refractivity contribution in [2.75, 3.05) is 6.54 Å². The molecule has 0 aliphatic carbocycles. The number of H-pyrrole nitrogens is 1. The van der Waals surface area contributed by atoms with Crippen molar-refractivity contribution in [3.8, 4) is 0 Å². The average molecular weight is 477 g/mol. The van der Waals surface area contributed by atoms with E-state index in [2.05, 4.69) is 20.9 Å². The molecule has 4 unspecified atom stereocenters. The monoisotopic (exact) mass is 477 g/mol. The summed E-state index contributed by atoms with van der Waals surface area (Å²) in [5.41, 5.74) is 6.91. The average Bonchev–Trinajstić information content (AvgIpc) is 3.18. The maximum absolute atomic E-state index is 12.8. The third-order valence-corrected chi connectivity index (χ3v) is 4.99. The molecular formula is C21H27N5O8. The van der Waals surface area contributed by atoms with Gasteiger partial charge in [0.15, 0.2) is 0 Å². The Hall–Kier alpha value is -3.97. The quantitative estimate of drug-likeness (QED) is 0.170. The van der Waals surface area contributed by atoms with Gasteiger partial charge in [-0.25, -0.2) is 4.79 Å². The van der Waals surface area contributed by atoms with Crippen molar-refractivity contribution in [1.82, 2.24) is 20.9 Å². The van der Waals surface area contributed by atoms with Crippen molar-refractivity contribution in [2.24, 2.45) is 5.73 Å². The lowest BCUT2D eigenvalue weighted by Crippen LogP contribution is -2.55. The van der Waals surface area contributed by atoms with Crippen LogP contribution in [-0.2, 0) is 30.4 Å². The van der Waals surface area contributed by atoms with E-state index in [-0.39, 0.29) is 6.42 Å². The van der Waals surface area contributed by atoms with Crippen LogP contribution in [0.15, 0.2) is 30.5 Å². The number of carboxylic acids is 2. The summed E-state index contributed by atoms with van der Waals surface area (Å²) >= 11 is 0. The fourth-order valence-electron chi connectivity index (χ4n) is 3.13. The first-order valence-electron chi connectivity index (χ1n) is 10.3. The number of fused-ring (bicyclic) bond motifs is 1. The Morgan fingerprint density at radius 3 is 2.32 bits per heavy atom. The molecule has 0 saturated heterocycles. The number of aromatic nitrogens is 1. The highest BCUT2D eigenvalue weighted by Gasteiger charge is 2.29. The van der Waals surface area contributed by atoms with Gasteiger partial charge in [-0.1, -0.05) is 18.2 Å². The second-order valence-corrected chi connectivity index (χ2v) is 7.67. The van der Waals surface area contributed by atoms with E-state index in [0.717, 1.165) is 10.9 Å². The van der Waals surface area contributed by atoms with E-state index in [1.54, 1.807) is 30.5 Å². The van der Waals surface area contributed by atoms with Crippen LogP contribution in [0.25, 0.3) is 10.9 Å². The lowest BCUT2D eigenvalue weighted by Gasteiger charge is -2.21. The van der Waals surface area contributed by atoms with Gasteiger partial charge in [0.25, 0.3) is 0 Å². The van der Waals surface area contributed by atoms with Gasteiger partial charge in [-0.2, -0.15) is 0 Å². The van der Waals surface area contributed by atoms with Crippen molar-refractivity contribution >= 4 is 40.6 Å². The van der Waals surface area contributed by atoms with Crippen LogP contribution in [0, 0.1) is 0 Å². The van der Waals surface area contributed by atoms with Crippen LogP contribution in [0.5, 0.6) is 0 Å². The smallest absolute Gasteiger partial charge is 0.326 e. The lowest BCUT2D eigenvalue weighted by atomic mass is 10.0.